The number of carbonyl (C=O) groups is 1. The molecule has 1 aromatic heterocycles. The third-order valence-electron chi connectivity index (χ3n) is 2.11. The van der Waals surface area contributed by atoms with Crippen LogP contribution in [0.2, 0.25) is 0 Å². The number of rotatable bonds is 1. The van der Waals surface area contributed by atoms with Crippen LogP contribution in [0.15, 0.2) is 30.6 Å². The van der Waals surface area contributed by atoms with E-state index in [1.54, 1.807) is 18.3 Å². The Morgan fingerprint density at radius 3 is 2.93 bits per heavy atom. The summed E-state index contributed by atoms with van der Waals surface area (Å²) in [6.07, 6.45) is 3.03. The summed E-state index contributed by atoms with van der Waals surface area (Å²) >= 11 is 0. The first-order valence-corrected chi connectivity index (χ1v) is 4.22. The number of fused-ring (bicyclic) bond motifs is 1. The van der Waals surface area contributed by atoms with Gasteiger partial charge in [0, 0.05) is 23.3 Å². The van der Waals surface area contributed by atoms with Gasteiger partial charge in [0.15, 0.2) is 5.78 Å². The lowest BCUT2D eigenvalue weighted by atomic mass is 10.1. The van der Waals surface area contributed by atoms with Crippen LogP contribution in [0, 0.1) is 5.82 Å². The second-order valence-electron chi connectivity index (χ2n) is 3.11. The molecule has 0 saturated carbocycles. The Balaban J connectivity index is 2.78. The van der Waals surface area contributed by atoms with Crippen LogP contribution in [-0.2, 0) is 0 Å². The molecule has 0 spiro atoms. The van der Waals surface area contributed by atoms with Gasteiger partial charge in [-0.05, 0) is 30.5 Å². The highest BCUT2D eigenvalue weighted by molar-refractivity contribution is 5.98. The summed E-state index contributed by atoms with van der Waals surface area (Å²) in [5, 5.41) is 1.14. The molecule has 0 aliphatic heterocycles. The monoisotopic (exact) mass is 189 g/mol. The molecule has 0 aliphatic carbocycles. The Labute approximate surface area is 80.4 Å². The molecule has 0 N–H and O–H groups in total. The molecule has 2 aromatic rings. The highest BCUT2D eigenvalue weighted by Gasteiger charge is 2.06. The fourth-order valence-electron chi connectivity index (χ4n) is 1.36. The van der Waals surface area contributed by atoms with Crippen LogP contribution in [0.5, 0.6) is 0 Å². The van der Waals surface area contributed by atoms with Crippen molar-refractivity contribution in [3.63, 3.8) is 0 Å². The van der Waals surface area contributed by atoms with Gasteiger partial charge in [-0.15, -0.1) is 0 Å². The van der Waals surface area contributed by atoms with Gasteiger partial charge in [0.25, 0.3) is 0 Å². The van der Waals surface area contributed by atoms with Gasteiger partial charge in [-0.2, -0.15) is 0 Å². The molecule has 1 aromatic carbocycles. The van der Waals surface area contributed by atoms with E-state index in [2.05, 4.69) is 4.98 Å². The van der Waals surface area contributed by atoms with E-state index in [0.717, 1.165) is 0 Å². The molecule has 1 heterocycles. The normalized spacial score (nSPS) is 10.4. The molecule has 0 unspecified atom stereocenters. The molecule has 70 valence electrons. The van der Waals surface area contributed by atoms with E-state index in [-0.39, 0.29) is 5.78 Å². The van der Waals surface area contributed by atoms with E-state index in [4.69, 9.17) is 0 Å². The van der Waals surface area contributed by atoms with Crippen LogP contribution >= 0.6 is 0 Å². The third-order valence-corrected chi connectivity index (χ3v) is 2.11. The summed E-state index contributed by atoms with van der Waals surface area (Å²) in [5.74, 6) is -0.539. The van der Waals surface area contributed by atoms with Crippen LogP contribution in [0.4, 0.5) is 4.39 Å². The van der Waals surface area contributed by atoms with E-state index in [1.165, 1.54) is 19.2 Å². The van der Waals surface area contributed by atoms with Crippen molar-refractivity contribution in [2.24, 2.45) is 0 Å². The standard InChI is InChI=1S/C11H8FNO/c1-7(14)9-4-8-2-3-13-6-10(8)11(12)5-9/h2-6H,1H3. The molecule has 2 nitrogen and oxygen atoms in total. The van der Waals surface area contributed by atoms with Crippen molar-refractivity contribution in [3.8, 4) is 0 Å². The Morgan fingerprint density at radius 2 is 2.21 bits per heavy atom. The molecule has 0 radical (unpaired) electrons. The van der Waals surface area contributed by atoms with Crippen LogP contribution in [-0.4, -0.2) is 10.8 Å². The van der Waals surface area contributed by atoms with Crippen molar-refractivity contribution in [2.75, 3.05) is 0 Å². The second-order valence-corrected chi connectivity index (χ2v) is 3.11. The zero-order valence-corrected chi connectivity index (χ0v) is 7.62. The minimum absolute atomic E-state index is 0.136. The minimum atomic E-state index is -0.402. The smallest absolute Gasteiger partial charge is 0.159 e. The largest absolute Gasteiger partial charge is 0.295 e. The first-order valence-electron chi connectivity index (χ1n) is 4.22. The first-order chi connectivity index (χ1) is 6.68. The van der Waals surface area contributed by atoms with Gasteiger partial charge in [0.2, 0.25) is 0 Å². The number of hydrogen-bond donors (Lipinski definition) is 0. The Morgan fingerprint density at radius 1 is 1.43 bits per heavy atom. The van der Waals surface area contributed by atoms with E-state index >= 15 is 0 Å². The molecular formula is C11H8FNO. The third kappa shape index (κ3) is 1.37. The number of benzene rings is 1. The lowest BCUT2D eigenvalue weighted by Crippen LogP contribution is -1.94. The maximum atomic E-state index is 13.4. The maximum Gasteiger partial charge on any atom is 0.159 e. The first kappa shape index (κ1) is 8.81. The number of aromatic nitrogens is 1. The number of halogens is 1. The zero-order valence-electron chi connectivity index (χ0n) is 7.62. The van der Waals surface area contributed by atoms with Crippen molar-refractivity contribution in [2.45, 2.75) is 6.92 Å². The molecule has 0 bridgehead atoms. The molecule has 0 aliphatic rings. The SMILES string of the molecule is CC(=O)c1cc(F)c2cnccc2c1. The predicted octanol–water partition coefficient (Wildman–Crippen LogP) is 2.58. The molecule has 0 saturated heterocycles. The molecule has 0 amide bonds. The topological polar surface area (TPSA) is 30.0 Å². The van der Waals surface area contributed by atoms with E-state index in [9.17, 15) is 9.18 Å². The molecule has 3 heteroatoms. The second kappa shape index (κ2) is 3.18. The van der Waals surface area contributed by atoms with Gasteiger partial charge in [-0.25, -0.2) is 4.39 Å². The molecule has 0 fully saturated rings. The summed E-state index contributed by atoms with van der Waals surface area (Å²) in [7, 11) is 0. The van der Waals surface area contributed by atoms with Gasteiger partial charge in [0.05, 0.1) is 0 Å². The molecular weight excluding hydrogens is 181 g/mol. The van der Waals surface area contributed by atoms with E-state index in [1.807, 2.05) is 0 Å². The summed E-state index contributed by atoms with van der Waals surface area (Å²) in [5.41, 5.74) is 0.390. The lowest BCUT2D eigenvalue weighted by molar-refractivity contribution is 0.101. The number of carbonyl (C=O) groups excluding carboxylic acids is 1. The summed E-state index contributed by atoms with van der Waals surface area (Å²) in [4.78, 5) is 14.9. The molecule has 14 heavy (non-hydrogen) atoms. The molecule has 0 atom stereocenters. The van der Waals surface area contributed by atoms with E-state index in [0.29, 0.717) is 16.3 Å². The number of pyridine rings is 1. The van der Waals surface area contributed by atoms with Crippen molar-refractivity contribution < 1.29 is 9.18 Å². The Bertz CT molecular complexity index is 508. The van der Waals surface area contributed by atoms with Gasteiger partial charge >= 0.3 is 0 Å². The number of nitrogens with zero attached hydrogens (tertiary/aromatic N) is 1. The van der Waals surface area contributed by atoms with Crippen molar-refractivity contribution in [1.82, 2.24) is 4.98 Å². The highest BCUT2D eigenvalue weighted by Crippen LogP contribution is 2.18. The van der Waals surface area contributed by atoms with Crippen LogP contribution in [0.25, 0.3) is 10.8 Å². The van der Waals surface area contributed by atoms with Crippen molar-refractivity contribution in [3.05, 3.63) is 42.0 Å². The summed E-state index contributed by atoms with van der Waals surface area (Å²) in [6, 6.07) is 4.60. The van der Waals surface area contributed by atoms with Crippen LogP contribution in [0.3, 0.4) is 0 Å². The maximum absolute atomic E-state index is 13.4. The van der Waals surface area contributed by atoms with Crippen molar-refractivity contribution in [1.29, 1.82) is 0 Å². The van der Waals surface area contributed by atoms with Crippen molar-refractivity contribution >= 4 is 16.6 Å². The fraction of sp³-hybridized carbons (Fsp3) is 0.0909. The number of ketones is 1. The summed E-state index contributed by atoms with van der Waals surface area (Å²) in [6.45, 7) is 1.42. The van der Waals surface area contributed by atoms with Crippen LogP contribution in [0.1, 0.15) is 17.3 Å². The van der Waals surface area contributed by atoms with Gasteiger partial charge in [0.1, 0.15) is 5.82 Å². The van der Waals surface area contributed by atoms with Gasteiger partial charge in [-0.3, -0.25) is 9.78 Å². The fourth-order valence-corrected chi connectivity index (χ4v) is 1.36. The Hall–Kier alpha value is -1.77. The number of Topliss-reactive ketones (excluding diaryl/α,β-unsaturated/α-hetero) is 1. The quantitative estimate of drug-likeness (QED) is 0.645. The van der Waals surface area contributed by atoms with E-state index < -0.39 is 5.82 Å². The average molecular weight is 189 g/mol. The summed E-state index contributed by atoms with van der Waals surface area (Å²) < 4.78 is 13.4. The van der Waals surface area contributed by atoms with Crippen LogP contribution < -0.4 is 0 Å². The Kier molecular flexibility index (Phi) is 2.00. The average Bonchev–Trinajstić information content (AvgIpc) is 2.17. The molecule has 2 rings (SSSR count). The number of hydrogen-bond acceptors (Lipinski definition) is 2. The lowest BCUT2D eigenvalue weighted by Gasteiger charge is -2.01. The predicted molar refractivity (Wildman–Crippen MR) is 51.7 cm³/mol. The zero-order chi connectivity index (χ0) is 10.1. The minimum Gasteiger partial charge on any atom is -0.295 e. The van der Waals surface area contributed by atoms with Gasteiger partial charge in [-0.1, -0.05) is 0 Å². The highest BCUT2D eigenvalue weighted by atomic mass is 19.1. The van der Waals surface area contributed by atoms with Gasteiger partial charge < -0.3 is 0 Å².